The fourth-order valence-corrected chi connectivity index (χ4v) is 2.81. The Balaban J connectivity index is 2.56. The third-order valence-electron chi connectivity index (χ3n) is 3.99. The molecule has 0 radical (unpaired) electrons. The number of carbonyl (C=O) groups excluding carboxylic acids is 2. The van der Waals surface area contributed by atoms with Gasteiger partial charge in [0.25, 0.3) is 11.8 Å². The number of likely N-dealkylation sites (N-methyl/N-ethyl adjacent to an activating group) is 2. The number of rotatable bonds is 6. The van der Waals surface area contributed by atoms with Crippen LogP contribution in [0, 0.1) is 12.3 Å². The average molecular weight is 384 g/mol. The summed E-state index contributed by atoms with van der Waals surface area (Å²) >= 11 is 5.09. The molecule has 0 aromatic heterocycles. The molecule has 0 bridgehead atoms. The normalized spacial score (nSPS) is 14.1. The number of carbonyl (C=O) groups is 2. The van der Waals surface area contributed by atoms with E-state index in [0.29, 0.717) is 23.5 Å². The second-order valence-electron chi connectivity index (χ2n) is 5.77. The van der Waals surface area contributed by atoms with Crippen LogP contribution in [0.4, 0.5) is 0 Å². The van der Waals surface area contributed by atoms with Gasteiger partial charge in [0.1, 0.15) is 12.2 Å². The van der Waals surface area contributed by atoms with E-state index in [1.165, 1.54) is 37.1 Å². The molecule has 1 aliphatic heterocycles. The van der Waals surface area contributed by atoms with Crippen LogP contribution in [0.25, 0.3) is 6.08 Å². The van der Waals surface area contributed by atoms with Gasteiger partial charge in [0, 0.05) is 19.7 Å². The number of nitrogens with zero attached hydrogens (tertiary/aromatic N) is 2. The molecule has 7 heteroatoms. The van der Waals surface area contributed by atoms with Gasteiger partial charge in [-0.05, 0) is 42.4 Å². The van der Waals surface area contributed by atoms with Crippen molar-refractivity contribution in [3.8, 4) is 23.8 Å². The van der Waals surface area contributed by atoms with Crippen molar-refractivity contribution in [2.45, 2.75) is 6.42 Å². The largest absolute Gasteiger partial charge is 0.493 e. The Kier molecular flexibility index (Phi) is 6.37. The quantitative estimate of drug-likeness (QED) is 0.247. The Morgan fingerprint density at radius 2 is 1.89 bits per heavy atom. The number of terminal acetylenes is 1. The average Bonchev–Trinajstić information content (AvgIpc) is 2.67. The van der Waals surface area contributed by atoms with Crippen LogP contribution in [0.1, 0.15) is 11.1 Å². The molecule has 1 heterocycles. The van der Waals surface area contributed by atoms with Crippen molar-refractivity contribution in [2.24, 2.45) is 0 Å². The molecular formula is C20H20N2O4S. The highest BCUT2D eigenvalue weighted by atomic mass is 32.1. The van der Waals surface area contributed by atoms with Crippen molar-refractivity contribution < 1.29 is 19.1 Å². The Hall–Kier alpha value is -3.11. The molecule has 0 unspecified atom stereocenters. The zero-order valence-corrected chi connectivity index (χ0v) is 16.3. The summed E-state index contributed by atoms with van der Waals surface area (Å²) in [5.74, 6) is 2.45. The summed E-state index contributed by atoms with van der Waals surface area (Å²) in [6, 6.07) is 3.48. The van der Waals surface area contributed by atoms with Crippen molar-refractivity contribution >= 4 is 35.2 Å². The monoisotopic (exact) mass is 384 g/mol. The molecule has 0 aliphatic carbocycles. The lowest BCUT2D eigenvalue weighted by Gasteiger charge is -2.31. The van der Waals surface area contributed by atoms with E-state index in [0.717, 1.165) is 5.56 Å². The molecule has 0 atom stereocenters. The van der Waals surface area contributed by atoms with E-state index in [9.17, 15) is 9.59 Å². The molecule has 1 fully saturated rings. The molecule has 1 aromatic rings. The molecule has 0 N–H and O–H groups in total. The van der Waals surface area contributed by atoms with Gasteiger partial charge in [-0.2, -0.15) is 0 Å². The van der Waals surface area contributed by atoms with Crippen LogP contribution >= 0.6 is 12.2 Å². The zero-order valence-electron chi connectivity index (χ0n) is 15.4. The molecule has 1 aliphatic rings. The van der Waals surface area contributed by atoms with Gasteiger partial charge in [-0.1, -0.05) is 12.0 Å². The summed E-state index contributed by atoms with van der Waals surface area (Å²) in [5.41, 5.74) is 1.40. The number of benzene rings is 1. The fourth-order valence-electron chi connectivity index (χ4n) is 2.65. The summed E-state index contributed by atoms with van der Waals surface area (Å²) in [4.78, 5) is 27.5. The highest BCUT2D eigenvalue weighted by molar-refractivity contribution is 7.80. The van der Waals surface area contributed by atoms with Crippen molar-refractivity contribution in [2.75, 3.05) is 27.8 Å². The van der Waals surface area contributed by atoms with E-state index in [-0.39, 0.29) is 17.3 Å². The minimum absolute atomic E-state index is 0.0116. The van der Waals surface area contributed by atoms with E-state index in [2.05, 4.69) is 12.5 Å². The number of allylic oxidation sites excluding steroid dienone is 1. The van der Waals surface area contributed by atoms with Crippen LogP contribution < -0.4 is 9.47 Å². The lowest BCUT2D eigenvalue weighted by atomic mass is 10.0. The van der Waals surface area contributed by atoms with Crippen molar-refractivity contribution in [1.82, 2.24) is 9.80 Å². The van der Waals surface area contributed by atoms with Crippen LogP contribution in [0.15, 0.2) is 30.4 Å². The maximum Gasteiger partial charge on any atom is 0.265 e. The van der Waals surface area contributed by atoms with Crippen molar-refractivity contribution in [1.29, 1.82) is 0 Å². The molecule has 140 valence electrons. The smallest absolute Gasteiger partial charge is 0.265 e. The van der Waals surface area contributed by atoms with E-state index < -0.39 is 11.8 Å². The molecular weight excluding hydrogens is 364 g/mol. The summed E-state index contributed by atoms with van der Waals surface area (Å²) in [6.07, 6.45) is 9.00. The molecule has 2 amide bonds. The van der Waals surface area contributed by atoms with Gasteiger partial charge >= 0.3 is 0 Å². The summed E-state index contributed by atoms with van der Waals surface area (Å²) in [6.45, 7) is 3.83. The van der Waals surface area contributed by atoms with Crippen LogP contribution in [-0.2, 0) is 16.0 Å². The third-order valence-corrected chi connectivity index (χ3v) is 4.54. The van der Waals surface area contributed by atoms with Gasteiger partial charge in [0.05, 0.1) is 7.11 Å². The Morgan fingerprint density at radius 1 is 1.26 bits per heavy atom. The number of hydrogen-bond acceptors (Lipinski definition) is 5. The first-order chi connectivity index (χ1) is 12.8. The van der Waals surface area contributed by atoms with E-state index >= 15 is 0 Å². The Labute approximate surface area is 164 Å². The highest BCUT2D eigenvalue weighted by Crippen LogP contribution is 2.34. The fraction of sp³-hybridized carbons (Fsp3) is 0.250. The Morgan fingerprint density at radius 3 is 2.41 bits per heavy atom. The van der Waals surface area contributed by atoms with Crippen LogP contribution in [0.5, 0.6) is 11.5 Å². The first-order valence-corrected chi connectivity index (χ1v) is 8.46. The van der Waals surface area contributed by atoms with Crippen LogP contribution in [0.2, 0.25) is 0 Å². The number of thiocarbonyl (C=S) groups is 1. The summed E-state index contributed by atoms with van der Waals surface area (Å²) < 4.78 is 11.0. The van der Waals surface area contributed by atoms with Crippen molar-refractivity contribution in [3.63, 3.8) is 0 Å². The molecule has 0 saturated carbocycles. The van der Waals surface area contributed by atoms with Gasteiger partial charge in [0.2, 0.25) is 0 Å². The molecule has 6 nitrogen and oxygen atoms in total. The number of amides is 2. The third kappa shape index (κ3) is 4.01. The minimum Gasteiger partial charge on any atom is -0.493 e. The number of hydrogen-bond donors (Lipinski definition) is 0. The number of ether oxygens (including phenoxy) is 2. The lowest BCUT2D eigenvalue weighted by molar-refractivity contribution is -0.132. The molecule has 1 aromatic carbocycles. The van der Waals surface area contributed by atoms with Gasteiger partial charge in [0.15, 0.2) is 16.6 Å². The zero-order chi connectivity index (χ0) is 20.1. The van der Waals surface area contributed by atoms with Gasteiger partial charge < -0.3 is 9.47 Å². The minimum atomic E-state index is -0.458. The maximum atomic E-state index is 12.5. The van der Waals surface area contributed by atoms with Crippen LogP contribution in [-0.4, -0.2) is 54.5 Å². The molecule has 27 heavy (non-hydrogen) atoms. The second kappa shape index (κ2) is 8.52. The van der Waals surface area contributed by atoms with Gasteiger partial charge in [-0.3, -0.25) is 19.4 Å². The Bertz CT molecular complexity index is 857. The van der Waals surface area contributed by atoms with E-state index in [1.54, 1.807) is 18.2 Å². The van der Waals surface area contributed by atoms with Gasteiger partial charge in [-0.15, -0.1) is 13.0 Å². The maximum absolute atomic E-state index is 12.5. The van der Waals surface area contributed by atoms with Crippen molar-refractivity contribution in [3.05, 3.63) is 41.5 Å². The van der Waals surface area contributed by atoms with Gasteiger partial charge in [-0.25, -0.2) is 0 Å². The summed E-state index contributed by atoms with van der Waals surface area (Å²) in [7, 11) is 4.56. The predicted octanol–water partition coefficient (Wildman–Crippen LogP) is 2.03. The first kappa shape index (κ1) is 20.2. The standard InChI is InChI=1S/C20H20N2O4S/c1-6-8-14-10-13(12-16(25-5)17(14)26-9-7-2)11-15-18(23)21(3)20(27)22(4)19(15)24/h2,6,10-12H,1,8-9H2,3-5H3. The SMILES string of the molecule is C#CCOc1c(CC=C)cc(C=C2C(=O)N(C)C(=S)N(C)C2=O)cc1OC. The molecule has 2 rings (SSSR count). The molecule has 1 saturated heterocycles. The second-order valence-corrected chi connectivity index (χ2v) is 6.13. The molecule has 0 spiro atoms. The number of methoxy groups -OCH3 is 1. The topological polar surface area (TPSA) is 59.1 Å². The first-order valence-electron chi connectivity index (χ1n) is 8.05. The summed E-state index contributed by atoms with van der Waals surface area (Å²) in [5, 5.41) is 0.158. The van der Waals surface area contributed by atoms with E-state index in [4.69, 9.17) is 28.1 Å². The lowest BCUT2D eigenvalue weighted by Crippen LogP contribution is -2.52. The highest BCUT2D eigenvalue weighted by Gasteiger charge is 2.35. The van der Waals surface area contributed by atoms with Crippen LogP contribution in [0.3, 0.4) is 0 Å². The van der Waals surface area contributed by atoms with E-state index in [1.807, 2.05) is 0 Å². The predicted molar refractivity (Wildman–Crippen MR) is 107 cm³/mol.